The second kappa shape index (κ2) is 4.61. The number of aliphatic carboxylic acids is 1. The first-order valence-corrected chi connectivity index (χ1v) is 5.85. The molecule has 15 heavy (non-hydrogen) atoms. The molecule has 2 N–H and O–H groups in total. The third-order valence-electron chi connectivity index (χ3n) is 2.58. The number of carbonyl (C=O) groups is 1. The molecule has 5 heteroatoms. The minimum Gasteiger partial charge on any atom is -0.480 e. The number of carboxylic acids is 1. The SMILES string of the molecule is CCC(CC)(Nc1nc(C)cs1)C(=O)O. The monoisotopic (exact) mass is 228 g/mol. The van der Waals surface area contributed by atoms with Gasteiger partial charge in [-0.05, 0) is 19.8 Å². The van der Waals surface area contributed by atoms with E-state index in [0.717, 1.165) is 5.69 Å². The van der Waals surface area contributed by atoms with Crippen molar-refractivity contribution in [2.24, 2.45) is 0 Å². The Balaban J connectivity index is 2.88. The Morgan fingerprint density at radius 3 is 2.53 bits per heavy atom. The first-order valence-electron chi connectivity index (χ1n) is 4.97. The summed E-state index contributed by atoms with van der Waals surface area (Å²) in [6.45, 7) is 5.62. The van der Waals surface area contributed by atoms with Crippen LogP contribution in [0.5, 0.6) is 0 Å². The van der Waals surface area contributed by atoms with Gasteiger partial charge in [0.1, 0.15) is 5.54 Å². The van der Waals surface area contributed by atoms with E-state index < -0.39 is 11.5 Å². The summed E-state index contributed by atoms with van der Waals surface area (Å²) >= 11 is 1.44. The van der Waals surface area contributed by atoms with Gasteiger partial charge in [0, 0.05) is 5.38 Å². The number of anilines is 1. The van der Waals surface area contributed by atoms with Crippen LogP contribution in [0.4, 0.5) is 5.13 Å². The van der Waals surface area contributed by atoms with Gasteiger partial charge in [-0.3, -0.25) is 0 Å². The third-order valence-corrected chi connectivity index (χ3v) is 3.46. The number of aryl methyl sites for hydroxylation is 1. The molecule has 0 saturated carbocycles. The average Bonchev–Trinajstić information content (AvgIpc) is 2.60. The Kier molecular flexibility index (Phi) is 3.68. The van der Waals surface area contributed by atoms with Gasteiger partial charge in [0.15, 0.2) is 5.13 Å². The number of nitrogens with zero attached hydrogens (tertiary/aromatic N) is 1. The van der Waals surface area contributed by atoms with Crippen LogP contribution < -0.4 is 5.32 Å². The number of hydrogen-bond donors (Lipinski definition) is 2. The molecule has 0 amide bonds. The van der Waals surface area contributed by atoms with Gasteiger partial charge in [-0.2, -0.15) is 0 Å². The van der Waals surface area contributed by atoms with Crippen molar-refractivity contribution in [3.63, 3.8) is 0 Å². The fourth-order valence-electron chi connectivity index (χ4n) is 1.40. The Bertz CT molecular complexity index is 345. The van der Waals surface area contributed by atoms with Gasteiger partial charge in [-0.25, -0.2) is 9.78 Å². The van der Waals surface area contributed by atoms with Crippen molar-refractivity contribution < 1.29 is 9.90 Å². The Hall–Kier alpha value is -1.10. The molecule has 0 aliphatic heterocycles. The fraction of sp³-hybridized carbons (Fsp3) is 0.600. The van der Waals surface area contributed by atoms with Crippen molar-refractivity contribution >= 4 is 22.4 Å². The van der Waals surface area contributed by atoms with Gasteiger partial charge in [0.25, 0.3) is 0 Å². The number of thiazole rings is 1. The van der Waals surface area contributed by atoms with Crippen LogP contribution >= 0.6 is 11.3 Å². The molecule has 0 aliphatic rings. The van der Waals surface area contributed by atoms with Crippen LogP contribution in [0.2, 0.25) is 0 Å². The summed E-state index contributed by atoms with van der Waals surface area (Å²) in [6, 6.07) is 0. The molecule has 0 spiro atoms. The van der Waals surface area contributed by atoms with Crippen LogP contribution in [0, 0.1) is 6.92 Å². The minimum atomic E-state index is -0.885. The van der Waals surface area contributed by atoms with E-state index >= 15 is 0 Å². The largest absolute Gasteiger partial charge is 0.480 e. The summed E-state index contributed by atoms with van der Waals surface area (Å²) in [5, 5.41) is 14.8. The summed E-state index contributed by atoms with van der Waals surface area (Å²) in [5.41, 5.74) is 0.0265. The first-order chi connectivity index (χ1) is 7.04. The molecule has 4 nitrogen and oxygen atoms in total. The molecule has 84 valence electrons. The zero-order valence-corrected chi connectivity index (χ0v) is 10.0. The summed E-state index contributed by atoms with van der Waals surface area (Å²) in [6.07, 6.45) is 1.08. The second-order valence-electron chi connectivity index (χ2n) is 3.51. The molecule has 0 aromatic carbocycles. The lowest BCUT2D eigenvalue weighted by molar-refractivity contribution is -0.142. The number of carboxylic acid groups (broad SMARTS) is 1. The maximum Gasteiger partial charge on any atom is 0.329 e. The van der Waals surface area contributed by atoms with Gasteiger partial charge in [-0.15, -0.1) is 11.3 Å². The summed E-state index contributed by atoms with van der Waals surface area (Å²) in [7, 11) is 0. The van der Waals surface area contributed by atoms with Gasteiger partial charge >= 0.3 is 5.97 Å². The Labute approximate surface area is 93.4 Å². The molecular weight excluding hydrogens is 212 g/mol. The van der Waals surface area contributed by atoms with E-state index in [0.29, 0.717) is 18.0 Å². The van der Waals surface area contributed by atoms with Crippen LogP contribution in [-0.2, 0) is 4.79 Å². The maximum atomic E-state index is 11.2. The molecule has 0 saturated heterocycles. The van der Waals surface area contributed by atoms with E-state index in [1.165, 1.54) is 11.3 Å². The van der Waals surface area contributed by atoms with E-state index in [2.05, 4.69) is 10.3 Å². The summed E-state index contributed by atoms with van der Waals surface area (Å²) < 4.78 is 0. The van der Waals surface area contributed by atoms with E-state index in [4.69, 9.17) is 0 Å². The van der Waals surface area contributed by atoms with Gasteiger partial charge in [-0.1, -0.05) is 13.8 Å². The van der Waals surface area contributed by atoms with E-state index in [-0.39, 0.29) is 0 Å². The lowest BCUT2D eigenvalue weighted by atomic mass is 9.93. The van der Waals surface area contributed by atoms with Crippen molar-refractivity contribution in [1.29, 1.82) is 0 Å². The summed E-state index contributed by atoms with van der Waals surface area (Å²) in [5.74, 6) is -0.819. The van der Waals surface area contributed by atoms with Gasteiger partial charge in [0.05, 0.1) is 5.69 Å². The van der Waals surface area contributed by atoms with Gasteiger partial charge in [0.2, 0.25) is 0 Å². The van der Waals surface area contributed by atoms with E-state index in [1.807, 2.05) is 26.2 Å². The van der Waals surface area contributed by atoms with Crippen LogP contribution in [0.15, 0.2) is 5.38 Å². The Morgan fingerprint density at radius 1 is 1.60 bits per heavy atom. The predicted molar refractivity (Wildman–Crippen MR) is 61.4 cm³/mol. The zero-order valence-electron chi connectivity index (χ0n) is 9.20. The van der Waals surface area contributed by atoms with Crippen molar-refractivity contribution in [2.45, 2.75) is 39.2 Å². The van der Waals surface area contributed by atoms with Crippen molar-refractivity contribution in [3.05, 3.63) is 11.1 Å². The van der Waals surface area contributed by atoms with Crippen molar-refractivity contribution in [1.82, 2.24) is 4.98 Å². The molecule has 0 unspecified atom stereocenters. The van der Waals surface area contributed by atoms with E-state index in [1.54, 1.807) is 0 Å². The van der Waals surface area contributed by atoms with Crippen molar-refractivity contribution in [2.75, 3.05) is 5.32 Å². The zero-order chi connectivity index (χ0) is 11.5. The summed E-state index contributed by atoms with van der Waals surface area (Å²) in [4.78, 5) is 15.4. The van der Waals surface area contributed by atoms with Crippen LogP contribution in [-0.4, -0.2) is 21.6 Å². The number of rotatable bonds is 5. The molecule has 0 radical (unpaired) electrons. The molecular formula is C10H16N2O2S. The maximum absolute atomic E-state index is 11.2. The molecule has 1 aromatic heterocycles. The highest BCUT2D eigenvalue weighted by Crippen LogP contribution is 2.25. The second-order valence-corrected chi connectivity index (χ2v) is 4.37. The van der Waals surface area contributed by atoms with Gasteiger partial charge < -0.3 is 10.4 Å². The Morgan fingerprint density at radius 2 is 2.20 bits per heavy atom. The molecule has 1 heterocycles. The smallest absolute Gasteiger partial charge is 0.329 e. The highest BCUT2D eigenvalue weighted by atomic mass is 32.1. The molecule has 0 fully saturated rings. The topological polar surface area (TPSA) is 62.2 Å². The highest BCUT2D eigenvalue weighted by molar-refractivity contribution is 7.13. The third kappa shape index (κ3) is 2.47. The first kappa shape index (κ1) is 12.0. The molecule has 1 rings (SSSR count). The molecule has 0 atom stereocenters. The highest BCUT2D eigenvalue weighted by Gasteiger charge is 2.35. The number of nitrogens with one attached hydrogen (secondary N) is 1. The molecule has 1 aromatic rings. The normalized spacial score (nSPS) is 11.4. The van der Waals surface area contributed by atoms with Crippen LogP contribution in [0.25, 0.3) is 0 Å². The standard InChI is InChI=1S/C10H16N2O2S/c1-4-10(5-2,8(13)14)12-9-11-7(3)6-15-9/h6H,4-5H2,1-3H3,(H,11,12)(H,13,14). The molecule has 0 bridgehead atoms. The van der Waals surface area contributed by atoms with Crippen LogP contribution in [0.3, 0.4) is 0 Å². The predicted octanol–water partition coefficient (Wildman–Crippen LogP) is 2.51. The lowest BCUT2D eigenvalue weighted by Gasteiger charge is -2.27. The van der Waals surface area contributed by atoms with Crippen molar-refractivity contribution in [3.8, 4) is 0 Å². The quantitative estimate of drug-likeness (QED) is 0.812. The lowest BCUT2D eigenvalue weighted by Crippen LogP contribution is -2.45. The number of hydrogen-bond acceptors (Lipinski definition) is 4. The minimum absolute atomic E-state index is 0.539. The molecule has 0 aliphatic carbocycles. The van der Waals surface area contributed by atoms with Crippen LogP contribution in [0.1, 0.15) is 32.4 Å². The number of aromatic nitrogens is 1. The average molecular weight is 228 g/mol. The van der Waals surface area contributed by atoms with E-state index in [9.17, 15) is 9.90 Å². The fourth-order valence-corrected chi connectivity index (χ4v) is 2.18.